The summed E-state index contributed by atoms with van der Waals surface area (Å²) in [6, 6.07) is 4.52. The lowest BCUT2D eigenvalue weighted by Gasteiger charge is -2.40. The first-order valence-corrected chi connectivity index (χ1v) is 6.30. The summed E-state index contributed by atoms with van der Waals surface area (Å²) >= 11 is 0. The second-order valence-electron chi connectivity index (χ2n) is 4.85. The lowest BCUT2D eigenvalue weighted by molar-refractivity contribution is 0.213. The van der Waals surface area contributed by atoms with E-state index in [2.05, 4.69) is 28.8 Å². The third-order valence-electron chi connectivity index (χ3n) is 3.59. The Balaban J connectivity index is 2.20. The van der Waals surface area contributed by atoms with Gasteiger partial charge in [0.25, 0.3) is 0 Å². The van der Waals surface area contributed by atoms with Gasteiger partial charge in [-0.25, -0.2) is 4.98 Å². The van der Waals surface area contributed by atoms with Gasteiger partial charge in [0.05, 0.1) is 5.69 Å². The quantitative estimate of drug-likeness (QED) is 0.842. The van der Waals surface area contributed by atoms with Crippen molar-refractivity contribution in [1.82, 2.24) is 9.88 Å². The first-order valence-electron chi connectivity index (χ1n) is 6.30. The molecule has 0 amide bonds. The molecule has 4 nitrogen and oxygen atoms in total. The van der Waals surface area contributed by atoms with Crippen molar-refractivity contribution in [2.45, 2.75) is 26.3 Å². The summed E-state index contributed by atoms with van der Waals surface area (Å²) < 4.78 is 0. The molecule has 0 radical (unpaired) electrons. The maximum absolute atomic E-state index is 6.02. The number of hydrogen-bond donors (Lipinski definition) is 1. The van der Waals surface area contributed by atoms with Crippen LogP contribution in [-0.4, -0.2) is 42.6 Å². The van der Waals surface area contributed by atoms with Crippen molar-refractivity contribution in [3.8, 4) is 0 Å². The van der Waals surface area contributed by atoms with Gasteiger partial charge in [-0.1, -0.05) is 6.92 Å². The van der Waals surface area contributed by atoms with Crippen molar-refractivity contribution in [2.24, 2.45) is 0 Å². The van der Waals surface area contributed by atoms with Crippen LogP contribution in [-0.2, 0) is 0 Å². The summed E-state index contributed by atoms with van der Waals surface area (Å²) in [5.41, 5.74) is 7.84. The zero-order valence-electron chi connectivity index (χ0n) is 11.0. The molecule has 2 N–H and O–H groups in total. The molecule has 17 heavy (non-hydrogen) atoms. The summed E-state index contributed by atoms with van der Waals surface area (Å²) in [5.74, 6) is 0.955. The molecule has 0 bridgehead atoms. The summed E-state index contributed by atoms with van der Waals surface area (Å²) in [4.78, 5) is 9.31. The van der Waals surface area contributed by atoms with E-state index in [1.165, 1.54) is 6.42 Å². The predicted molar refractivity (Wildman–Crippen MR) is 72.3 cm³/mol. The summed E-state index contributed by atoms with van der Waals surface area (Å²) in [7, 11) is 2.19. The van der Waals surface area contributed by atoms with Crippen molar-refractivity contribution in [3.63, 3.8) is 0 Å². The summed E-state index contributed by atoms with van der Waals surface area (Å²) in [5, 5.41) is 0. The summed E-state index contributed by atoms with van der Waals surface area (Å²) in [6.45, 7) is 7.35. The Labute approximate surface area is 103 Å². The van der Waals surface area contributed by atoms with E-state index in [-0.39, 0.29) is 0 Å². The molecule has 1 fully saturated rings. The van der Waals surface area contributed by atoms with E-state index in [0.717, 1.165) is 36.8 Å². The number of nitrogen functional groups attached to an aromatic ring is 1. The second-order valence-corrected chi connectivity index (χ2v) is 4.85. The van der Waals surface area contributed by atoms with Crippen LogP contribution in [0.4, 0.5) is 11.5 Å². The van der Waals surface area contributed by atoms with Crippen molar-refractivity contribution < 1.29 is 0 Å². The number of hydrogen-bond acceptors (Lipinski definition) is 4. The van der Waals surface area contributed by atoms with E-state index in [0.29, 0.717) is 6.04 Å². The number of piperazine rings is 1. The Morgan fingerprint density at radius 3 is 2.88 bits per heavy atom. The Bertz CT molecular complexity index is 391. The standard InChI is InChI=1S/C13H22N4/c1-4-11-9-17(8-7-16(11)3)13-12(14)6-5-10(2)15-13/h5-6,11H,4,7-9,14H2,1-3H3. The molecule has 1 unspecified atom stereocenters. The van der Waals surface area contributed by atoms with Gasteiger partial charge >= 0.3 is 0 Å². The molecule has 1 atom stereocenters. The van der Waals surface area contributed by atoms with E-state index in [1.54, 1.807) is 0 Å². The Hall–Kier alpha value is -1.29. The topological polar surface area (TPSA) is 45.4 Å². The van der Waals surface area contributed by atoms with Crippen LogP contribution in [0.1, 0.15) is 19.0 Å². The Morgan fingerprint density at radius 1 is 1.41 bits per heavy atom. The number of nitrogens with zero attached hydrogens (tertiary/aromatic N) is 3. The second kappa shape index (κ2) is 4.92. The molecule has 1 saturated heterocycles. The number of aryl methyl sites for hydroxylation is 1. The molecule has 0 spiro atoms. The van der Waals surface area contributed by atoms with Crippen molar-refractivity contribution in [3.05, 3.63) is 17.8 Å². The molecule has 4 heteroatoms. The molecule has 0 saturated carbocycles. The van der Waals surface area contributed by atoms with Gasteiger partial charge in [0, 0.05) is 31.4 Å². The van der Waals surface area contributed by atoms with Gasteiger partial charge in [-0.3, -0.25) is 4.90 Å². The molecule has 94 valence electrons. The van der Waals surface area contributed by atoms with Crippen LogP contribution in [0.25, 0.3) is 0 Å². The number of pyridine rings is 1. The molecule has 1 aliphatic rings. The van der Waals surface area contributed by atoms with Crippen LogP contribution in [0.2, 0.25) is 0 Å². The SMILES string of the molecule is CCC1CN(c2nc(C)ccc2N)CCN1C. The highest BCUT2D eigenvalue weighted by Crippen LogP contribution is 2.23. The normalized spacial score (nSPS) is 21.8. The number of rotatable bonds is 2. The number of aromatic nitrogens is 1. The highest BCUT2D eigenvalue weighted by molar-refractivity contribution is 5.63. The van der Waals surface area contributed by atoms with Crippen molar-refractivity contribution in [2.75, 3.05) is 37.3 Å². The van der Waals surface area contributed by atoms with E-state index in [4.69, 9.17) is 5.73 Å². The van der Waals surface area contributed by atoms with Gasteiger partial charge in [-0.2, -0.15) is 0 Å². The fourth-order valence-electron chi connectivity index (χ4n) is 2.39. The minimum atomic E-state index is 0.602. The lowest BCUT2D eigenvalue weighted by atomic mass is 10.1. The molecule has 1 aromatic rings. The molecule has 0 aromatic carbocycles. The fraction of sp³-hybridized carbons (Fsp3) is 0.615. The van der Waals surface area contributed by atoms with Crippen LogP contribution in [0.5, 0.6) is 0 Å². The third kappa shape index (κ3) is 2.52. The molecule has 0 aliphatic carbocycles. The van der Waals surface area contributed by atoms with Gasteiger partial charge < -0.3 is 10.6 Å². The number of likely N-dealkylation sites (N-methyl/N-ethyl adjacent to an activating group) is 1. The number of nitrogens with two attached hydrogens (primary N) is 1. The van der Waals surface area contributed by atoms with Crippen LogP contribution in [0.15, 0.2) is 12.1 Å². The maximum atomic E-state index is 6.02. The highest BCUT2D eigenvalue weighted by Gasteiger charge is 2.24. The molecular formula is C13H22N4. The van der Waals surface area contributed by atoms with Crippen molar-refractivity contribution >= 4 is 11.5 Å². The van der Waals surface area contributed by atoms with E-state index in [1.807, 2.05) is 19.1 Å². The minimum Gasteiger partial charge on any atom is -0.396 e. The Morgan fingerprint density at radius 2 is 2.18 bits per heavy atom. The monoisotopic (exact) mass is 234 g/mol. The maximum Gasteiger partial charge on any atom is 0.152 e. The average Bonchev–Trinajstić information content (AvgIpc) is 2.33. The molecule has 2 heterocycles. The number of anilines is 2. The fourth-order valence-corrected chi connectivity index (χ4v) is 2.39. The van der Waals surface area contributed by atoms with E-state index >= 15 is 0 Å². The van der Waals surface area contributed by atoms with E-state index in [9.17, 15) is 0 Å². The molecular weight excluding hydrogens is 212 g/mol. The molecule has 1 aromatic heterocycles. The van der Waals surface area contributed by atoms with Gasteiger partial charge in [0.2, 0.25) is 0 Å². The highest BCUT2D eigenvalue weighted by atomic mass is 15.3. The third-order valence-corrected chi connectivity index (χ3v) is 3.59. The zero-order chi connectivity index (χ0) is 12.4. The van der Waals surface area contributed by atoms with Crippen molar-refractivity contribution in [1.29, 1.82) is 0 Å². The Kier molecular flexibility index (Phi) is 3.52. The first-order chi connectivity index (χ1) is 8.11. The minimum absolute atomic E-state index is 0.602. The average molecular weight is 234 g/mol. The van der Waals surface area contributed by atoms with Crippen LogP contribution < -0.4 is 10.6 Å². The molecule has 2 rings (SSSR count). The summed E-state index contributed by atoms with van der Waals surface area (Å²) in [6.07, 6.45) is 1.17. The van der Waals surface area contributed by atoms with Gasteiger partial charge in [-0.15, -0.1) is 0 Å². The lowest BCUT2D eigenvalue weighted by Crippen LogP contribution is -2.51. The smallest absolute Gasteiger partial charge is 0.152 e. The van der Waals surface area contributed by atoms with Gasteiger partial charge in [-0.05, 0) is 32.5 Å². The zero-order valence-corrected chi connectivity index (χ0v) is 11.0. The van der Waals surface area contributed by atoms with Crippen LogP contribution in [0, 0.1) is 6.92 Å². The van der Waals surface area contributed by atoms with E-state index < -0.39 is 0 Å². The van der Waals surface area contributed by atoms with Gasteiger partial charge in [0.15, 0.2) is 5.82 Å². The largest absolute Gasteiger partial charge is 0.396 e. The van der Waals surface area contributed by atoms with Crippen LogP contribution >= 0.6 is 0 Å². The predicted octanol–water partition coefficient (Wildman–Crippen LogP) is 1.50. The first kappa shape index (κ1) is 12.2. The molecule has 1 aliphatic heterocycles. The van der Waals surface area contributed by atoms with Crippen LogP contribution in [0.3, 0.4) is 0 Å². The van der Waals surface area contributed by atoms with Gasteiger partial charge in [0.1, 0.15) is 0 Å².